The number of carbonyl (C=O) groups excluding carboxylic acids is 1. The molecule has 1 aliphatic heterocycles. The fourth-order valence-corrected chi connectivity index (χ4v) is 5.00. The van der Waals surface area contributed by atoms with Crippen LogP contribution < -0.4 is 4.74 Å². The molecule has 8 nitrogen and oxygen atoms in total. The van der Waals surface area contributed by atoms with Crippen LogP contribution in [0.25, 0.3) is 0 Å². The maximum absolute atomic E-state index is 13.9. The minimum Gasteiger partial charge on any atom is -0.486 e. The number of sulfonamides is 1. The average Bonchev–Trinajstić information content (AvgIpc) is 3.18. The van der Waals surface area contributed by atoms with E-state index in [2.05, 4.69) is 5.16 Å². The Morgan fingerprint density at radius 2 is 1.73 bits per heavy atom. The summed E-state index contributed by atoms with van der Waals surface area (Å²) in [5.41, 5.74) is 1.48. The smallest absolute Gasteiger partial charge is 0.276 e. The highest BCUT2D eigenvalue weighted by Crippen LogP contribution is 2.23. The van der Waals surface area contributed by atoms with Gasteiger partial charge < -0.3 is 14.2 Å². The normalized spacial score (nSPS) is 14.9. The molecule has 0 unspecified atom stereocenters. The molecule has 0 aliphatic carbocycles. The molecule has 1 aliphatic rings. The van der Waals surface area contributed by atoms with E-state index in [0.29, 0.717) is 11.3 Å². The molecular weight excluding hydrogens is 449 g/mol. The van der Waals surface area contributed by atoms with Crippen molar-refractivity contribution in [3.05, 3.63) is 76.9 Å². The lowest BCUT2D eigenvalue weighted by Gasteiger charge is -2.33. The minimum absolute atomic E-state index is 0.0615. The zero-order valence-corrected chi connectivity index (χ0v) is 19.1. The lowest BCUT2D eigenvalue weighted by Crippen LogP contribution is -2.50. The number of halogens is 1. The Morgan fingerprint density at radius 1 is 1.06 bits per heavy atom. The third-order valence-corrected chi connectivity index (χ3v) is 7.49. The van der Waals surface area contributed by atoms with Crippen LogP contribution in [0.4, 0.5) is 4.39 Å². The van der Waals surface area contributed by atoms with Gasteiger partial charge in [-0.05, 0) is 38.1 Å². The number of aromatic nitrogens is 1. The van der Waals surface area contributed by atoms with Crippen LogP contribution in [0, 0.1) is 19.7 Å². The molecule has 0 saturated carbocycles. The zero-order valence-electron chi connectivity index (χ0n) is 18.3. The average molecular weight is 474 g/mol. The van der Waals surface area contributed by atoms with Crippen LogP contribution in [0.1, 0.15) is 27.4 Å². The number of piperazine rings is 1. The largest absolute Gasteiger partial charge is 0.486 e. The Bertz CT molecular complexity index is 1250. The fourth-order valence-electron chi connectivity index (χ4n) is 3.58. The molecule has 4 rings (SSSR count). The third kappa shape index (κ3) is 4.76. The van der Waals surface area contributed by atoms with Gasteiger partial charge >= 0.3 is 0 Å². The van der Waals surface area contributed by atoms with Crippen molar-refractivity contribution < 1.29 is 26.9 Å². The second-order valence-electron chi connectivity index (χ2n) is 7.79. The number of rotatable bonds is 6. The molecule has 3 aromatic rings. The van der Waals surface area contributed by atoms with Crippen molar-refractivity contribution in [3.63, 3.8) is 0 Å². The first-order valence-corrected chi connectivity index (χ1v) is 11.9. The summed E-state index contributed by atoms with van der Waals surface area (Å²) < 4.78 is 51.7. The van der Waals surface area contributed by atoms with E-state index in [1.807, 2.05) is 6.92 Å². The number of hydrogen-bond donors (Lipinski definition) is 0. The second-order valence-corrected chi connectivity index (χ2v) is 9.73. The summed E-state index contributed by atoms with van der Waals surface area (Å²) in [4.78, 5) is 14.8. The molecule has 1 aromatic heterocycles. The number of hydrogen-bond acceptors (Lipinski definition) is 6. The summed E-state index contributed by atoms with van der Waals surface area (Å²) in [6.45, 7) is 4.21. The quantitative estimate of drug-likeness (QED) is 0.546. The van der Waals surface area contributed by atoms with Gasteiger partial charge in [0.1, 0.15) is 12.4 Å². The van der Waals surface area contributed by atoms with Crippen molar-refractivity contribution in [1.82, 2.24) is 14.4 Å². The van der Waals surface area contributed by atoms with Gasteiger partial charge in [0, 0.05) is 26.2 Å². The number of benzene rings is 2. The molecule has 1 amide bonds. The van der Waals surface area contributed by atoms with Crippen LogP contribution in [-0.4, -0.2) is 54.9 Å². The lowest BCUT2D eigenvalue weighted by molar-refractivity contribution is 0.0685. The Morgan fingerprint density at radius 3 is 2.39 bits per heavy atom. The first kappa shape index (κ1) is 22.9. The van der Waals surface area contributed by atoms with Crippen molar-refractivity contribution in [1.29, 1.82) is 0 Å². The third-order valence-electron chi connectivity index (χ3n) is 5.58. The highest BCUT2D eigenvalue weighted by Gasteiger charge is 2.32. The van der Waals surface area contributed by atoms with E-state index in [1.165, 1.54) is 21.3 Å². The molecule has 1 saturated heterocycles. The van der Waals surface area contributed by atoms with E-state index in [1.54, 1.807) is 43.3 Å². The maximum Gasteiger partial charge on any atom is 0.276 e. The summed E-state index contributed by atoms with van der Waals surface area (Å²) in [6.07, 6.45) is 0. The van der Waals surface area contributed by atoms with E-state index in [4.69, 9.17) is 9.26 Å². The van der Waals surface area contributed by atoms with Gasteiger partial charge in [-0.2, -0.15) is 4.31 Å². The molecule has 0 N–H and O–H groups in total. The van der Waals surface area contributed by atoms with Gasteiger partial charge in [-0.1, -0.05) is 35.0 Å². The zero-order chi connectivity index (χ0) is 23.6. The standard InChI is InChI=1S/C23H24FN3O5S/c1-16-7-9-18(10-8-16)33(29,30)27-13-11-26(12-14-27)23(28)22-19(17(2)32-25-22)15-31-21-6-4-3-5-20(21)24/h3-10H,11-15H2,1-2H3. The predicted molar refractivity (Wildman–Crippen MR) is 118 cm³/mol. The summed E-state index contributed by atoms with van der Waals surface area (Å²) in [7, 11) is -3.63. The number of ether oxygens (including phenoxy) is 1. The molecule has 0 radical (unpaired) electrons. The van der Waals surface area contributed by atoms with Gasteiger partial charge in [0.15, 0.2) is 17.3 Å². The Labute approximate surface area is 191 Å². The minimum atomic E-state index is -3.63. The Kier molecular flexibility index (Phi) is 6.48. The Balaban J connectivity index is 1.43. The van der Waals surface area contributed by atoms with Gasteiger partial charge in [0.25, 0.3) is 5.91 Å². The van der Waals surface area contributed by atoms with Crippen molar-refractivity contribution in [2.45, 2.75) is 25.3 Å². The van der Waals surface area contributed by atoms with Gasteiger partial charge in [0.2, 0.25) is 10.0 Å². The van der Waals surface area contributed by atoms with E-state index in [9.17, 15) is 17.6 Å². The molecule has 174 valence electrons. The van der Waals surface area contributed by atoms with Crippen molar-refractivity contribution in [3.8, 4) is 5.75 Å². The van der Waals surface area contributed by atoms with Crippen LogP contribution in [0.15, 0.2) is 57.9 Å². The molecule has 1 fully saturated rings. The van der Waals surface area contributed by atoms with Gasteiger partial charge in [-0.25, -0.2) is 12.8 Å². The first-order valence-electron chi connectivity index (χ1n) is 10.5. The SMILES string of the molecule is Cc1ccc(S(=O)(=O)N2CCN(C(=O)c3noc(C)c3COc3ccccc3F)CC2)cc1. The lowest BCUT2D eigenvalue weighted by atomic mass is 10.1. The maximum atomic E-state index is 13.9. The number of para-hydroxylation sites is 1. The molecule has 2 heterocycles. The fraction of sp³-hybridized carbons (Fsp3) is 0.304. The van der Waals surface area contributed by atoms with Crippen LogP contribution in [-0.2, 0) is 16.6 Å². The van der Waals surface area contributed by atoms with Crippen molar-refractivity contribution in [2.24, 2.45) is 0 Å². The molecule has 10 heteroatoms. The number of carbonyl (C=O) groups is 1. The molecular formula is C23H24FN3O5S. The second kappa shape index (κ2) is 9.32. The van der Waals surface area contributed by atoms with E-state index in [-0.39, 0.29) is 55.0 Å². The molecule has 0 atom stereocenters. The monoisotopic (exact) mass is 473 g/mol. The van der Waals surface area contributed by atoms with Gasteiger partial charge in [0.05, 0.1) is 10.5 Å². The van der Waals surface area contributed by atoms with E-state index >= 15 is 0 Å². The predicted octanol–water partition coefficient (Wildman–Crippen LogP) is 3.16. The van der Waals surface area contributed by atoms with Crippen LogP contribution in [0.3, 0.4) is 0 Å². The molecule has 0 spiro atoms. The van der Waals surface area contributed by atoms with Crippen molar-refractivity contribution in [2.75, 3.05) is 26.2 Å². The number of aryl methyl sites for hydroxylation is 2. The van der Waals surface area contributed by atoms with Crippen molar-refractivity contribution >= 4 is 15.9 Å². The molecule has 2 aromatic carbocycles. The first-order chi connectivity index (χ1) is 15.8. The van der Waals surface area contributed by atoms with Crippen LogP contribution in [0.5, 0.6) is 5.75 Å². The number of amides is 1. The topological polar surface area (TPSA) is 93.0 Å². The summed E-state index contributed by atoms with van der Waals surface area (Å²) in [5, 5.41) is 3.88. The molecule has 33 heavy (non-hydrogen) atoms. The summed E-state index contributed by atoms with van der Waals surface area (Å²) in [6, 6.07) is 12.7. The van der Waals surface area contributed by atoms with E-state index < -0.39 is 15.8 Å². The van der Waals surface area contributed by atoms with E-state index in [0.717, 1.165) is 5.56 Å². The van der Waals surface area contributed by atoms with Gasteiger partial charge in [-0.15, -0.1) is 0 Å². The summed E-state index contributed by atoms with van der Waals surface area (Å²) >= 11 is 0. The highest BCUT2D eigenvalue weighted by molar-refractivity contribution is 7.89. The summed E-state index contributed by atoms with van der Waals surface area (Å²) in [5.74, 6) is -0.432. The molecule has 0 bridgehead atoms. The van der Waals surface area contributed by atoms with Crippen LogP contribution >= 0.6 is 0 Å². The highest BCUT2D eigenvalue weighted by atomic mass is 32.2. The van der Waals surface area contributed by atoms with Gasteiger partial charge in [-0.3, -0.25) is 4.79 Å². The van der Waals surface area contributed by atoms with Crippen LogP contribution in [0.2, 0.25) is 0 Å². The number of nitrogens with zero attached hydrogens (tertiary/aromatic N) is 3. The Hall–Kier alpha value is -3.24.